The minimum Gasteiger partial charge on any atom is -0.480 e. The van der Waals surface area contributed by atoms with Gasteiger partial charge in [0.05, 0.1) is 6.61 Å². The lowest BCUT2D eigenvalue weighted by molar-refractivity contribution is -0.162. The summed E-state index contributed by atoms with van der Waals surface area (Å²) in [6.07, 6.45) is 0.213. The third-order valence-electron chi connectivity index (χ3n) is 3.25. The summed E-state index contributed by atoms with van der Waals surface area (Å²) >= 11 is 0. The Kier molecular flexibility index (Phi) is 5.31. The van der Waals surface area contributed by atoms with E-state index in [0.29, 0.717) is 5.56 Å². The zero-order valence-corrected chi connectivity index (χ0v) is 12.5. The molecule has 0 radical (unpaired) electrons. The van der Waals surface area contributed by atoms with Crippen molar-refractivity contribution < 1.29 is 19.4 Å². The van der Waals surface area contributed by atoms with Gasteiger partial charge in [0.1, 0.15) is 0 Å². The summed E-state index contributed by atoms with van der Waals surface area (Å²) < 4.78 is 5.03. The molecule has 0 fully saturated rings. The second kappa shape index (κ2) is 6.55. The number of ether oxygens (including phenoxy) is 1. The first-order chi connectivity index (χ1) is 9.34. The van der Waals surface area contributed by atoms with E-state index in [2.05, 4.69) is 0 Å². The number of carboxylic acid groups (broad SMARTS) is 1. The first-order valence-corrected chi connectivity index (χ1v) is 6.82. The molecule has 110 valence electrons. The van der Waals surface area contributed by atoms with Crippen molar-refractivity contribution >= 4 is 11.9 Å². The molecule has 0 spiro atoms. The van der Waals surface area contributed by atoms with Crippen LogP contribution in [0.5, 0.6) is 0 Å². The molecule has 1 rings (SSSR count). The van der Waals surface area contributed by atoms with Crippen LogP contribution in [0.3, 0.4) is 0 Å². The molecule has 0 saturated carbocycles. The summed E-state index contributed by atoms with van der Waals surface area (Å²) in [4.78, 5) is 24.2. The number of benzene rings is 1. The summed E-state index contributed by atoms with van der Waals surface area (Å²) in [5.74, 6) is -1.80. The number of aryl methyl sites for hydroxylation is 1. The van der Waals surface area contributed by atoms with Crippen molar-refractivity contribution in [1.82, 2.24) is 0 Å². The highest BCUT2D eigenvalue weighted by molar-refractivity contribution is 6.05. The largest absolute Gasteiger partial charge is 0.480 e. The summed E-state index contributed by atoms with van der Waals surface area (Å²) in [5.41, 5.74) is -0.137. The van der Waals surface area contributed by atoms with E-state index in [1.165, 1.54) is 0 Å². The SMILES string of the molecule is CCOC(=O)C(CC(C)C)(C(=O)O)c1ccc(C)cc1. The molecule has 0 saturated heterocycles. The molecule has 0 heterocycles. The molecular weight excluding hydrogens is 256 g/mol. The third kappa shape index (κ3) is 3.18. The monoisotopic (exact) mass is 278 g/mol. The van der Waals surface area contributed by atoms with E-state index in [0.717, 1.165) is 5.56 Å². The van der Waals surface area contributed by atoms with Gasteiger partial charge in [0.15, 0.2) is 5.41 Å². The van der Waals surface area contributed by atoms with Gasteiger partial charge in [-0.1, -0.05) is 43.7 Å². The fourth-order valence-electron chi connectivity index (χ4n) is 2.32. The lowest BCUT2D eigenvalue weighted by Gasteiger charge is -2.29. The van der Waals surface area contributed by atoms with Crippen molar-refractivity contribution in [2.45, 2.75) is 39.5 Å². The molecule has 20 heavy (non-hydrogen) atoms. The molecule has 0 amide bonds. The van der Waals surface area contributed by atoms with Gasteiger partial charge in [-0.25, -0.2) is 0 Å². The van der Waals surface area contributed by atoms with Crippen molar-refractivity contribution in [2.75, 3.05) is 6.61 Å². The van der Waals surface area contributed by atoms with Crippen LogP contribution in [-0.4, -0.2) is 23.7 Å². The summed E-state index contributed by atoms with van der Waals surface area (Å²) in [6, 6.07) is 7.02. The van der Waals surface area contributed by atoms with Crippen LogP contribution in [0, 0.1) is 12.8 Å². The van der Waals surface area contributed by atoms with Crippen molar-refractivity contribution in [3.05, 3.63) is 35.4 Å². The fraction of sp³-hybridized carbons (Fsp3) is 0.500. The van der Waals surface area contributed by atoms with Gasteiger partial charge in [-0.3, -0.25) is 9.59 Å². The van der Waals surface area contributed by atoms with Crippen LogP contribution in [0.1, 0.15) is 38.3 Å². The molecule has 0 aliphatic heterocycles. The highest BCUT2D eigenvalue weighted by Crippen LogP contribution is 2.33. The van der Waals surface area contributed by atoms with Gasteiger partial charge in [0.25, 0.3) is 0 Å². The van der Waals surface area contributed by atoms with E-state index < -0.39 is 17.4 Å². The average Bonchev–Trinajstić information content (AvgIpc) is 2.36. The highest BCUT2D eigenvalue weighted by Gasteiger charge is 2.49. The summed E-state index contributed by atoms with van der Waals surface area (Å²) in [6.45, 7) is 7.54. The maximum atomic E-state index is 12.3. The number of rotatable bonds is 6. The first-order valence-electron chi connectivity index (χ1n) is 6.82. The maximum absolute atomic E-state index is 12.3. The molecule has 1 N–H and O–H groups in total. The van der Waals surface area contributed by atoms with Gasteiger partial charge < -0.3 is 9.84 Å². The van der Waals surface area contributed by atoms with Gasteiger partial charge in [-0.2, -0.15) is 0 Å². The zero-order valence-electron chi connectivity index (χ0n) is 12.5. The highest BCUT2D eigenvalue weighted by atomic mass is 16.5. The third-order valence-corrected chi connectivity index (χ3v) is 3.25. The Morgan fingerprint density at radius 1 is 1.25 bits per heavy atom. The van der Waals surface area contributed by atoms with E-state index in [1.807, 2.05) is 32.9 Å². The van der Waals surface area contributed by atoms with Crippen LogP contribution >= 0.6 is 0 Å². The van der Waals surface area contributed by atoms with Crippen molar-refractivity contribution in [3.63, 3.8) is 0 Å². The molecule has 1 atom stereocenters. The maximum Gasteiger partial charge on any atom is 0.328 e. The summed E-state index contributed by atoms with van der Waals surface area (Å²) in [5, 5.41) is 9.69. The Morgan fingerprint density at radius 3 is 2.20 bits per heavy atom. The number of esters is 1. The topological polar surface area (TPSA) is 63.6 Å². The van der Waals surface area contributed by atoms with E-state index in [1.54, 1.807) is 19.1 Å². The van der Waals surface area contributed by atoms with Crippen LogP contribution in [-0.2, 0) is 19.7 Å². The average molecular weight is 278 g/mol. The zero-order chi connectivity index (χ0) is 15.3. The molecule has 0 aliphatic rings. The molecule has 1 aromatic carbocycles. The van der Waals surface area contributed by atoms with E-state index in [4.69, 9.17) is 4.74 Å². The first kappa shape index (κ1) is 16.2. The number of carbonyl (C=O) groups is 2. The normalized spacial score (nSPS) is 13.8. The molecule has 4 heteroatoms. The van der Waals surface area contributed by atoms with Gasteiger partial charge in [-0.05, 0) is 31.7 Å². The van der Waals surface area contributed by atoms with Crippen LogP contribution in [0.4, 0.5) is 0 Å². The van der Waals surface area contributed by atoms with Gasteiger partial charge in [-0.15, -0.1) is 0 Å². The fourth-order valence-corrected chi connectivity index (χ4v) is 2.32. The molecule has 1 unspecified atom stereocenters. The second-order valence-corrected chi connectivity index (χ2v) is 5.39. The van der Waals surface area contributed by atoms with Gasteiger partial charge in [0, 0.05) is 0 Å². The molecule has 4 nitrogen and oxygen atoms in total. The Bertz CT molecular complexity index is 476. The Morgan fingerprint density at radius 2 is 1.80 bits per heavy atom. The molecule has 0 aliphatic carbocycles. The van der Waals surface area contributed by atoms with E-state index in [9.17, 15) is 14.7 Å². The number of hydrogen-bond donors (Lipinski definition) is 1. The van der Waals surface area contributed by atoms with Crippen LogP contribution < -0.4 is 0 Å². The van der Waals surface area contributed by atoms with Crippen LogP contribution in [0.2, 0.25) is 0 Å². The van der Waals surface area contributed by atoms with Gasteiger partial charge in [0.2, 0.25) is 0 Å². The smallest absolute Gasteiger partial charge is 0.328 e. The Labute approximate surface area is 119 Å². The van der Waals surface area contributed by atoms with Crippen LogP contribution in [0.15, 0.2) is 24.3 Å². The van der Waals surface area contributed by atoms with E-state index >= 15 is 0 Å². The Balaban J connectivity index is 3.39. The second-order valence-electron chi connectivity index (χ2n) is 5.39. The van der Waals surface area contributed by atoms with Crippen molar-refractivity contribution in [2.24, 2.45) is 5.92 Å². The predicted molar refractivity (Wildman–Crippen MR) is 76.6 cm³/mol. The molecular formula is C16H22O4. The molecule has 0 aromatic heterocycles. The number of aliphatic carboxylic acids is 1. The minimum atomic E-state index is -1.63. The number of carbonyl (C=O) groups excluding carboxylic acids is 1. The lowest BCUT2D eigenvalue weighted by atomic mass is 9.74. The molecule has 1 aromatic rings. The van der Waals surface area contributed by atoms with Crippen LogP contribution in [0.25, 0.3) is 0 Å². The Hall–Kier alpha value is -1.84. The lowest BCUT2D eigenvalue weighted by Crippen LogP contribution is -2.46. The number of hydrogen-bond acceptors (Lipinski definition) is 3. The number of carboxylic acids is 1. The van der Waals surface area contributed by atoms with Gasteiger partial charge >= 0.3 is 11.9 Å². The molecule has 0 bridgehead atoms. The summed E-state index contributed by atoms with van der Waals surface area (Å²) in [7, 11) is 0. The van der Waals surface area contributed by atoms with E-state index in [-0.39, 0.29) is 18.9 Å². The standard InChI is InChI=1S/C16H22O4/c1-5-20-15(19)16(14(17)18,10-11(2)3)13-8-6-12(4)7-9-13/h6-9,11H,5,10H2,1-4H3,(H,17,18). The van der Waals surface area contributed by atoms with Crippen molar-refractivity contribution in [3.8, 4) is 0 Å². The minimum absolute atomic E-state index is 0.0526. The predicted octanol–water partition coefficient (Wildman–Crippen LogP) is 2.93. The quantitative estimate of drug-likeness (QED) is 0.642. The van der Waals surface area contributed by atoms with Crippen molar-refractivity contribution in [1.29, 1.82) is 0 Å².